The molecule has 23 heavy (non-hydrogen) atoms. The fraction of sp³-hybridized carbons (Fsp3) is 0.333. The number of rotatable bonds is 4. The highest BCUT2D eigenvalue weighted by atomic mass is 79.9. The summed E-state index contributed by atoms with van der Waals surface area (Å²) in [7, 11) is 0. The number of carbonyl (C=O) groups excluding carboxylic acids is 1. The first kappa shape index (κ1) is 15.7. The Labute approximate surface area is 141 Å². The molecule has 3 rings (SSSR count). The van der Waals surface area contributed by atoms with Gasteiger partial charge < -0.3 is 9.64 Å². The van der Waals surface area contributed by atoms with Crippen LogP contribution in [0.25, 0.3) is 0 Å². The summed E-state index contributed by atoms with van der Waals surface area (Å²) in [5.74, 6) is 0.379. The Hall–Kier alpha value is -2.22. The van der Waals surface area contributed by atoms with Gasteiger partial charge in [-0.1, -0.05) is 0 Å². The number of pyridine rings is 1. The second kappa shape index (κ2) is 6.91. The van der Waals surface area contributed by atoms with Gasteiger partial charge in [-0.05, 0) is 34.1 Å². The molecule has 0 bridgehead atoms. The predicted molar refractivity (Wildman–Crippen MR) is 86.0 cm³/mol. The molecule has 1 aliphatic heterocycles. The average Bonchev–Trinajstić information content (AvgIpc) is 3.01. The molecule has 0 aromatic carbocycles. The number of ether oxygens (including phenoxy) is 1. The van der Waals surface area contributed by atoms with Crippen molar-refractivity contribution in [1.82, 2.24) is 19.7 Å². The zero-order valence-corrected chi connectivity index (χ0v) is 13.8. The van der Waals surface area contributed by atoms with Gasteiger partial charge in [-0.15, -0.1) is 0 Å². The Bertz CT molecular complexity index is 764. The van der Waals surface area contributed by atoms with Crippen LogP contribution in [0.1, 0.15) is 6.42 Å². The Balaban J connectivity index is 1.59. The molecular weight excluding hydrogens is 364 g/mol. The Kier molecular flexibility index (Phi) is 4.71. The molecule has 0 radical (unpaired) electrons. The highest BCUT2D eigenvalue weighted by molar-refractivity contribution is 9.10. The largest absolute Gasteiger partial charge is 0.472 e. The van der Waals surface area contributed by atoms with Gasteiger partial charge in [0.15, 0.2) is 0 Å². The van der Waals surface area contributed by atoms with Crippen molar-refractivity contribution in [3.05, 3.63) is 51.5 Å². The van der Waals surface area contributed by atoms with E-state index in [1.807, 2.05) is 12.1 Å². The molecule has 1 aliphatic rings. The highest BCUT2D eigenvalue weighted by Gasteiger charge is 2.28. The third-order valence-corrected chi connectivity index (χ3v) is 4.17. The number of nitrogens with zero attached hydrogens (tertiary/aromatic N) is 4. The molecule has 3 heterocycles. The fourth-order valence-electron chi connectivity index (χ4n) is 2.40. The van der Waals surface area contributed by atoms with E-state index in [-0.39, 0.29) is 24.1 Å². The lowest BCUT2D eigenvalue weighted by Gasteiger charge is -2.17. The maximum absolute atomic E-state index is 12.3. The van der Waals surface area contributed by atoms with Gasteiger partial charge in [0, 0.05) is 31.4 Å². The van der Waals surface area contributed by atoms with Crippen LogP contribution in [0.15, 0.2) is 45.9 Å². The fourth-order valence-corrected chi connectivity index (χ4v) is 2.75. The molecule has 0 saturated carbocycles. The smallest absolute Gasteiger partial charge is 0.267 e. The van der Waals surface area contributed by atoms with Gasteiger partial charge in [0.05, 0.1) is 11.0 Å². The number of amides is 1. The Morgan fingerprint density at radius 1 is 1.35 bits per heavy atom. The van der Waals surface area contributed by atoms with Crippen LogP contribution in [0.3, 0.4) is 0 Å². The van der Waals surface area contributed by atoms with E-state index in [0.29, 0.717) is 19.0 Å². The number of aromatic nitrogens is 3. The molecule has 120 valence electrons. The second-order valence-electron chi connectivity index (χ2n) is 5.18. The third-order valence-electron chi connectivity index (χ3n) is 3.57. The first-order valence-corrected chi connectivity index (χ1v) is 8.00. The van der Waals surface area contributed by atoms with E-state index >= 15 is 0 Å². The van der Waals surface area contributed by atoms with E-state index in [9.17, 15) is 9.59 Å². The lowest BCUT2D eigenvalue weighted by Crippen LogP contribution is -2.36. The van der Waals surface area contributed by atoms with Gasteiger partial charge >= 0.3 is 0 Å². The molecule has 1 saturated heterocycles. The van der Waals surface area contributed by atoms with E-state index < -0.39 is 0 Å². The van der Waals surface area contributed by atoms with E-state index in [4.69, 9.17) is 4.74 Å². The molecule has 2 aromatic rings. The molecule has 1 fully saturated rings. The SMILES string of the molecule is O=C(Cn1ncccc1=O)N1CC[C@@H](Oc2ncccc2Br)C1. The summed E-state index contributed by atoms with van der Waals surface area (Å²) >= 11 is 3.39. The van der Waals surface area contributed by atoms with Crippen LogP contribution in [0.4, 0.5) is 0 Å². The monoisotopic (exact) mass is 378 g/mol. The molecule has 1 atom stereocenters. The molecule has 0 unspecified atom stereocenters. The zero-order chi connectivity index (χ0) is 16.2. The van der Waals surface area contributed by atoms with Crippen molar-refractivity contribution in [3.63, 3.8) is 0 Å². The normalized spacial score (nSPS) is 17.3. The van der Waals surface area contributed by atoms with E-state index in [1.54, 1.807) is 17.2 Å². The summed E-state index contributed by atoms with van der Waals surface area (Å²) < 4.78 is 7.77. The van der Waals surface area contributed by atoms with Crippen LogP contribution < -0.4 is 10.3 Å². The van der Waals surface area contributed by atoms with Crippen LogP contribution in [-0.4, -0.2) is 44.8 Å². The molecule has 0 spiro atoms. The van der Waals surface area contributed by atoms with Gasteiger partial charge in [0.25, 0.3) is 5.56 Å². The van der Waals surface area contributed by atoms with Crippen LogP contribution in [0.5, 0.6) is 5.88 Å². The second-order valence-corrected chi connectivity index (χ2v) is 6.03. The number of carbonyl (C=O) groups is 1. The van der Waals surface area contributed by atoms with Gasteiger partial charge in [-0.25, -0.2) is 9.67 Å². The van der Waals surface area contributed by atoms with Gasteiger partial charge in [-0.3, -0.25) is 9.59 Å². The number of halogens is 1. The highest BCUT2D eigenvalue weighted by Crippen LogP contribution is 2.24. The molecule has 8 heteroatoms. The topological polar surface area (TPSA) is 77.3 Å². The molecule has 0 aliphatic carbocycles. The number of hydrogen-bond donors (Lipinski definition) is 0. The molecule has 7 nitrogen and oxygen atoms in total. The van der Waals surface area contributed by atoms with Crippen molar-refractivity contribution in [3.8, 4) is 5.88 Å². The minimum Gasteiger partial charge on any atom is -0.472 e. The standard InChI is InChI=1S/C15H15BrN4O3/c16-12-3-1-6-17-15(12)23-11-5-8-19(9-11)14(22)10-20-13(21)4-2-7-18-20/h1-4,6-7,11H,5,8-10H2/t11-/m1/s1. The lowest BCUT2D eigenvalue weighted by molar-refractivity contribution is -0.131. The zero-order valence-electron chi connectivity index (χ0n) is 12.3. The van der Waals surface area contributed by atoms with Gasteiger partial charge in [0.2, 0.25) is 11.8 Å². The Morgan fingerprint density at radius 2 is 2.17 bits per heavy atom. The van der Waals surface area contributed by atoms with Crippen molar-refractivity contribution in [1.29, 1.82) is 0 Å². The summed E-state index contributed by atoms with van der Waals surface area (Å²) in [4.78, 5) is 29.7. The quantitative estimate of drug-likeness (QED) is 0.795. The van der Waals surface area contributed by atoms with Crippen LogP contribution >= 0.6 is 15.9 Å². The van der Waals surface area contributed by atoms with Crippen molar-refractivity contribution in [2.24, 2.45) is 0 Å². The summed E-state index contributed by atoms with van der Waals surface area (Å²) in [5, 5.41) is 3.90. The summed E-state index contributed by atoms with van der Waals surface area (Å²) in [6, 6.07) is 6.60. The minimum atomic E-state index is -0.287. The van der Waals surface area contributed by atoms with Crippen molar-refractivity contribution in [2.75, 3.05) is 13.1 Å². The van der Waals surface area contributed by atoms with E-state index in [1.165, 1.54) is 12.3 Å². The first-order chi connectivity index (χ1) is 11.1. The molecular formula is C15H15BrN4O3. The van der Waals surface area contributed by atoms with E-state index in [0.717, 1.165) is 15.6 Å². The third kappa shape index (κ3) is 3.76. The molecule has 2 aromatic heterocycles. The summed E-state index contributed by atoms with van der Waals surface area (Å²) in [5.41, 5.74) is -0.287. The maximum Gasteiger partial charge on any atom is 0.267 e. The van der Waals surface area contributed by atoms with Crippen LogP contribution in [0.2, 0.25) is 0 Å². The van der Waals surface area contributed by atoms with Crippen molar-refractivity contribution >= 4 is 21.8 Å². The average molecular weight is 379 g/mol. The van der Waals surface area contributed by atoms with E-state index in [2.05, 4.69) is 26.0 Å². The van der Waals surface area contributed by atoms with Gasteiger partial charge in [0.1, 0.15) is 12.6 Å². The molecule has 1 amide bonds. The summed E-state index contributed by atoms with van der Waals surface area (Å²) in [6.07, 6.45) is 3.77. The molecule has 0 N–H and O–H groups in total. The minimum absolute atomic E-state index is 0.0559. The van der Waals surface area contributed by atoms with Crippen molar-refractivity contribution in [2.45, 2.75) is 19.1 Å². The van der Waals surface area contributed by atoms with Crippen LogP contribution in [0, 0.1) is 0 Å². The Morgan fingerprint density at radius 3 is 2.96 bits per heavy atom. The van der Waals surface area contributed by atoms with Crippen LogP contribution in [-0.2, 0) is 11.3 Å². The van der Waals surface area contributed by atoms with Crippen molar-refractivity contribution < 1.29 is 9.53 Å². The maximum atomic E-state index is 12.3. The summed E-state index contributed by atoms with van der Waals surface area (Å²) in [6.45, 7) is 1.01. The predicted octanol–water partition coefficient (Wildman–Crippen LogP) is 1.08. The number of likely N-dealkylation sites (tertiary alicyclic amines) is 1. The number of hydrogen-bond acceptors (Lipinski definition) is 5. The lowest BCUT2D eigenvalue weighted by atomic mass is 10.3. The van der Waals surface area contributed by atoms with Gasteiger partial charge in [-0.2, -0.15) is 5.10 Å². The first-order valence-electron chi connectivity index (χ1n) is 7.20.